The van der Waals surface area contributed by atoms with Gasteiger partial charge in [0.2, 0.25) is 10.0 Å². The Morgan fingerprint density at radius 2 is 2.20 bits per heavy atom. The van der Waals surface area contributed by atoms with Gasteiger partial charge < -0.3 is 5.73 Å². The fourth-order valence-electron chi connectivity index (χ4n) is 1.77. The molecule has 1 unspecified atom stereocenters. The summed E-state index contributed by atoms with van der Waals surface area (Å²) in [5, 5.41) is 13.1. The maximum absolute atomic E-state index is 12.2. The molecule has 4 N–H and O–H groups in total. The van der Waals surface area contributed by atoms with Gasteiger partial charge in [-0.05, 0) is 31.0 Å². The number of hydrogen-bond donors (Lipinski definition) is 3. The molecule has 20 heavy (non-hydrogen) atoms. The Kier molecular flexibility index (Phi) is 4.00. The minimum atomic E-state index is -3.68. The molecule has 0 amide bonds. The molecule has 0 aliphatic heterocycles. The van der Waals surface area contributed by atoms with Crippen molar-refractivity contribution in [1.82, 2.24) is 25.3 Å². The average molecular weight is 296 g/mol. The second-order valence-electron chi connectivity index (χ2n) is 4.33. The summed E-state index contributed by atoms with van der Waals surface area (Å²) in [5.74, 6) is 0.270. The summed E-state index contributed by atoms with van der Waals surface area (Å²) in [7, 11) is -3.68. The van der Waals surface area contributed by atoms with Crippen molar-refractivity contribution in [2.45, 2.75) is 31.2 Å². The molecule has 1 atom stereocenters. The van der Waals surface area contributed by atoms with E-state index >= 15 is 0 Å². The van der Waals surface area contributed by atoms with Gasteiger partial charge in [-0.3, -0.25) is 0 Å². The Morgan fingerprint density at radius 1 is 1.45 bits per heavy atom. The van der Waals surface area contributed by atoms with Gasteiger partial charge in [-0.25, -0.2) is 13.1 Å². The minimum Gasteiger partial charge on any atom is -0.398 e. The maximum Gasteiger partial charge on any atom is 0.241 e. The van der Waals surface area contributed by atoms with Crippen LogP contribution < -0.4 is 10.5 Å². The third-order valence-electron chi connectivity index (χ3n) is 2.89. The lowest BCUT2D eigenvalue weighted by molar-refractivity contribution is 0.560. The van der Waals surface area contributed by atoms with Crippen LogP contribution in [0.1, 0.15) is 31.3 Å². The highest BCUT2D eigenvalue weighted by Crippen LogP contribution is 2.20. The molecule has 0 fully saturated rings. The summed E-state index contributed by atoms with van der Waals surface area (Å²) in [4.78, 5) is 0.113. The molecule has 1 aromatic heterocycles. The molecule has 0 saturated heterocycles. The van der Waals surface area contributed by atoms with Gasteiger partial charge in [0.1, 0.15) is 0 Å². The van der Waals surface area contributed by atoms with Crippen molar-refractivity contribution in [3.8, 4) is 0 Å². The van der Waals surface area contributed by atoms with Crippen LogP contribution in [0.25, 0.3) is 0 Å². The van der Waals surface area contributed by atoms with Crippen molar-refractivity contribution >= 4 is 15.7 Å². The zero-order valence-electron chi connectivity index (χ0n) is 11.2. The number of hydrogen-bond acceptors (Lipinski definition) is 6. The van der Waals surface area contributed by atoms with E-state index in [2.05, 4.69) is 25.3 Å². The molecule has 1 aromatic carbocycles. The molecule has 0 aliphatic carbocycles. The van der Waals surface area contributed by atoms with Gasteiger partial charge in [0, 0.05) is 5.69 Å². The Labute approximate surface area is 116 Å². The lowest BCUT2D eigenvalue weighted by atomic mass is 10.1. The molecule has 2 rings (SSSR count). The molecule has 9 heteroatoms. The quantitative estimate of drug-likeness (QED) is 0.685. The monoisotopic (exact) mass is 296 g/mol. The number of aromatic nitrogens is 4. The van der Waals surface area contributed by atoms with Crippen LogP contribution in [0.4, 0.5) is 5.69 Å². The number of nitrogens with two attached hydrogens (primary N) is 1. The van der Waals surface area contributed by atoms with Crippen molar-refractivity contribution < 1.29 is 8.42 Å². The van der Waals surface area contributed by atoms with Crippen LogP contribution in [-0.4, -0.2) is 29.0 Å². The fourth-order valence-corrected chi connectivity index (χ4v) is 3.00. The van der Waals surface area contributed by atoms with Gasteiger partial charge in [-0.1, -0.05) is 18.2 Å². The Bertz CT molecular complexity index is 683. The first kappa shape index (κ1) is 14.4. The van der Waals surface area contributed by atoms with E-state index < -0.39 is 16.1 Å². The molecule has 8 nitrogen and oxygen atoms in total. The van der Waals surface area contributed by atoms with Gasteiger partial charge in [0.15, 0.2) is 5.82 Å². The Hall–Kier alpha value is -2.00. The molecule has 0 bridgehead atoms. The number of nitrogen functional groups attached to an aromatic ring is 1. The van der Waals surface area contributed by atoms with Gasteiger partial charge in [0.05, 0.1) is 10.9 Å². The number of anilines is 1. The topological polar surface area (TPSA) is 127 Å². The fraction of sp³-hybridized carbons (Fsp3) is 0.364. The van der Waals surface area contributed by atoms with E-state index in [0.29, 0.717) is 5.69 Å². The van der Waals surface area contributed by atoms with Gasteiger partial charge in [-0.15, -0.1) is 10.2 Å². The number of benzene rings is 1. The molecular formula is C11H16N6O2S. The smallest absolute Gasteiger partial charge is 0.241 e. The van der Waals surface area contributed by atoms with Crippen molar-refractivity contribution in [3.05, 3.63) is 29.6 Å². The predicted octanol–water partition coefficient (Wildman–Crippen LogP) is 0.384. The highest BCUT2D eigenvalue weighted by Gasteiger charge is 2.21. The van der Waals surface area contributed by atoms with Gasteiger partial charge in [-0.2, -0.15) is 5.21 Å². The van der Waals surface area contributed by atoms with Crippen LogP contribution in [-0.2, 0) is 16.4 Å². The number of sulfonamides is 1. The van der Waals surface area contributed by atoms with Crippen LogP contribution in [0, 0.1) is 0 Å². The number of rotatable bonds is 5. The molecule has 0 saturated carbocycles. The third kappa shape index (κ3) is 2.94. The number of aromatic amines is 1. The highest BCUT2D eigenvalue weighted by atomic mass is 32.2. The molecule has 2 aromatic rings. The van der Waals surface area contributed by atoms with Crippen LogP contribution in [0.2, 0.25) is 0 Å². The average Bonchev–Trinajstić information content (AvgIpc) is 2.92. The van der Waals surface area contributed by atoms with E-state index in [1.807, 2.05) is 6.92 Å². The largest absolute Gasteiger partial charge is 0.398 e. The summed E-state index contributed by atoms with van der Waals surface area (Å²) >= 11 is 0. The summed E-state index contributed by atoms with van der Waals surface area (Å²) in [6.45, 7) is 3.59. The molecule has 0 radical (unpaired) electrons. The highest BCUT2D eigenvalue weighted by molar-refractivity contribution is 7.89. The maximum atomic E-state index is 12.2. The van der Waals surface area contributed by atoms with Gasteiger partial charge >= 0.3 is 0 Å². The lowest BCUT2D eigenvalue weighted by Crippen LogP contribution is -2.27. The molecule has 1 heterocycles. The van der Waals surface area contributed by atoms with E-state index in [9.17, 15) is 8.42 Å². The molecular weight excluding hydrogens is 280 g/mol. The minimum absolute atomic E-state index is 0.113. The summed E-state index contributed by atoms with van der Waals surface area (Å²) < 4.78 is 26.9. The van der Waals surface area contributed by atoms with Crippen molar-refractivity contribution in [2.24, 2.45) is 0 Å². The lowest BCUT2D eigenvalue weighted by Gasteiger charge is -2.12. The van der Waals surface area contributed by atoms with Crippen LogP contribution in [0.3, 0.4) is 0 Å². The number of nitrogens with one attached hydrogen (secondary N) is 2. The number of tetrazole rings is 1. The summed E-state index contributed by atoms with van der Waals surface area (Å²) in [6.07, 6.45) is 0.749. The molecule has 0 aliphatic rings. The van der Waals surface area contributed by atoms with Crippen molar-refractivity contribution in [2.75, 3.05) is 5.73 Å². The van der Waals surface area contributed by atoms with E-state index in [1.54, 1.807) is 13.0 Å². The standard InChI is InChI=1S/C11H16N6O2S/c1-3-8-4-5-9(6-10(8)12)20(18,19)15-7(2)11-13-16-17-14-11/h4-7,15H,3,12H2,1-2H3,(H,13,14,16,17). The van der Waals surface area contributed by atoms with E-state index in [0.717, 1.165) is 12.0 Å². The zero-order chi connectivity index (χ0) is 14.8. The molecule has 0 spiro atoms. The van der Waals surface area contributed by atoms with E-state index in [1.165, 1.54) is 12.1 Å². The first-order valence-corrected chi connectivity index (χ1v) is 7.56. The SMILES string of the molecule is CCc1ccc(S(=O)(=O)NC(C)c2nn[nH]n2)cc1N. The Balaban J connectivity index is 2.24. The van der Waals surface area contributed by atoms with Crippen LogP contribution in [0.15, 0.2) is 23.1 Å². The van der Waals surface area contributed by atoms with Crippen LogP contribution >= 0.6 is 0 Å². The summed E-state index contributed by atoms with van der Waals surface area (Å²) in [6, 6.07) is 4.10. The number of nitrogens with zero attached hydrogens (tertiary/aromatic N) is 3. The first-order valence-electron chi connectivity index (χ1n) is 6.08. The van der Waals surface area contributed by atoms with E-state index in [4.69, 9.17) is 5.73 Å². The van der Waals surface area contributed by atoms with Crippen molar-refractivity contribution in [1.29, 1.82) is 0 Å². The van der Waals surface area contributed by atoms with Gasteiger partial charge in [0.25, 0.3) is 0 Å². The second-order valence-corrected chi connectivity index (χ2v) is 6.04. The Morgan fingerprint density at radius 3 is 2.75 bits per heavy atom. The second kappa shape index (κ2) is 5.55. The number of aryl methyl sites for hydroxylation is 1. The number of H-pyrrole nitrogens is 1. The zero-order valence-corrected chi connectivity index (χ0v) is 12.0. The summed E-state index contributed by atoms with van der Waals surface area (Å²) in [5.41, 5.74) is 7.19. The van der Waals surface area contributed by atoms with Crippen molar-refractivity contribution in [3.63, 3.8) is 0 Å². The third-order valence-corrected chi connectivity index (χ3v) is 4.43. The first-order chi connectivity index (χ1) is 9.44. The molecule has 108 valence electrons. The van der Waals surface area contributed by atoms with E-state index in [-0.39, 0.29) is 10.7 Å². The predicted molar refractivity (Wildman–Crippen MR) is 73.1 cm³/mol. The normalized spacial score (nSPS) is 13.3. The van der Waals surface area contributed by atoms with Crippen LogP contribution in [0.5, 0.6) is 0 Å².